The Morgan fingerprint density at radius 1 is 0.449 bits per heavy atom. The molecule has 0 bridgehead atoms. The van der Waals surface area contributed by atoms with Crippen LogP contribution in [0.1, 0.15) is 33.6 Å². The van der Waals surface area contributed by atoms with Crippen LogP contribution in [0.25, 0.3) is 51.8 Å². The van der Waals surface area contributed by atoms with Gasteiger partial charge < -0.3 is 9.47 Å². The third-order valence-electron chi connectivity index (χ3n) is 9.34. The zero-order valence-corrected chi connectivity index (χ0v) is 26.8. The summed E-state index contributed by atoms with van der Waals surface area (Å²) in [5.41, 5.74) is 13.7. The molecule has 9 rings (SSSR count). The van der Waals surface area contributed by atoms with E-state index in [0.29, 0.717) is 0 Å². The Bertz CT molecular complexity index is 2460. The van der Waals surface area contributed by atoms with Gasteiger partial charge in [0.2, 0.25) is 0 Å². The fourth-order valence-electron chi connectivity index (χ4n) is 7.07. The highest BCUT2D eigenvalue weighted by Gasteiger charge is 2.23. The van der Waals surface area contributed by atoms with Crippen molar-refractivity contribution in [2.24, 2.45) is 0 Å². The van der Waals surface area contributed by atoms with E-state index in [-0.39, 0.29) is 0 Å². The average molecular weight is 629 g/mol. The quantitative estimate of drug-likeness (QED) is 0.184. The molecule has 0 saturated carbocycles. The largest absolute Gasteiger partial charge is 0.310 e. The molecule has 4 heterocycles. The fourth-order valence-corrected chi connectivity index (χ4v) is 7.07. The Hall–Kier alpha value is -6.52. The van der Waals surface area contributed by atoms with Crippen LogP contribution in [0.5, 0.6) is 0 Å². The van der Waals surface area contributed by atoms with E-state index in [9.17, 15) is 0 Å². The van der Waals surface area contributed by atoms with Gasteiger partial charge in [-0.15, -0.1) is 0 Å². The summed E-state index contributed by atoms with van der Waals surface area (Å²) in [6, 6.07) is 51.4. The van der Waals surface area contributed by atoms with E-state index in [1.54, 1.807) is 0 Å². The van der Waals surface area contributed by atoms with Crippen LogP contribution in [-0.2, 0) is 6.42 Å². The van der Waals surface area contributed by atoms with E-state index in [1.807, 2.05) is 12.4 Å². The van der Waals surface area contributed by atoms with Crippen molar-refractivity contribution in [3.05, 3.63) is 192 Å². The smallest absolute Gasteiger partial charge is 0.0650 e. The lowest BCUT2D eigenvalue weighted by Gasteiger charge is -2.33. The Balaban J connectivity index is 1.02. The van der Waals surface area contributed by atoms with Gasteiger partial charge in [0.25, 0.3) is 0 Å². The Morgan fingerprint density at radius 2 is 0.918 bits per heavy atom. The molecule has 4 heteroatoms. The van der Waals surface area contributed by atoms with E-state index in [0.717, 1.165) is 40.3 Å². The summed E-state index contributed by atoms with van der Waals surface area (Å²) in [4.78, 5) is 11.8. The summed E-state index contributed by atoms with van der Waals surface area (Å²) in [5.74, 6) is 0. The van der Waals surface area contributed by atoms with Crippen LogP contribution < -0.4 is 4.90 Å². The Kier molecular flexibility index (Phi) is 7.17. The molecule has 1 aliphatic rings. The fraction of sp³-hybridized carbons (Fsp3) is 0.0222. The Labute approximate surface area is 285 Å². The first-order chi connectivity index (χ1) is 24.3. The number of rotatable bonds is 6. The maximum absolute atomic E-state index is 4.72. The summed E-state index contributed by atoms with van der Waals surface area (Å²) in [6.45, 7) is 0. The first-order valence-corrected chi connectivity index (χ1v) is 16.6. The van der Waals surface area contributed by atoms with Crippen LogP contribution in [0.15, 0.2) is 158 Å². The predicted molar refractivity (Wildman–Crippen MR) is 205 cm³/mol. The second-order valence-corrected chi connectivity index (χ2v) is 12.3. The lowest BCUT2D eigenvalue weighted by atomic mass is 9.95. The highest BCUT2D eigenvalue weighted by molar-refractivity contribution is 6.09. The second-order valence-electron chi connectivity index (χ2n) is 12.3. The van der Waals surface area contributed by atoms with Crippen molar-refractivity contribution in [3.8, 4) is 5.69 Å². The molecule has 0 atom stereocenters. The van der Waals surface area contributed by atoms with Crippen LogP contribution in [0.3, 0.4) is 0 Å². The van der Waals surface area contributed by atoms with E-state index in [1.165, 1.54) is 44.3 Å². The van der Waals surface area contributed by atoms with Gasteiger partial charge in [0.05, 0.1) is 22.4 Å². The van der Waals surface area contributed by atoms with Crippen LogP contribution in [0, 0.1) is 0 Å². The monoisotopic (exact) mass is 628 g/mol. The third kappa shape index (κ3) is 5.30. The summed E-state index contributed by atoms with van der Waals surface area (Å²) < 4.78 is 2.32. The number of pyridine rings is 2. The number of para-hydroxylation sites is 4. The molecule has 5 aromatic carbocycles. The zero-order valence-electron chi connectivity index (χ0n) is 26.8. The minimum atomic E-state index is 0.898. The van der Waals surface area contributed by atoms with Gasteiger partial charge in [-0.1, -0.05) is 109 Å². The molecule has 4 nitrogen and oxygen atoms in total. The van der Waals surface area contributed by atoms with Crippen molar-refractivity contribution in [1.82, 2.24) is 14.5 Å². The molecule has 0 aliphatic carbocycles. The molecule has 0 N–H and O–H groups in total. The SMILES string of the molecule is C(=Cc1ccccc1C=Cc1cc(-n2c3ccccc3c3ccccc32)ccn1)c1cc(N2c3ccccc3Cc3ccccc32)ccn1. The molecular weight excluding hydrogens is 597 g/mol. The molecule has 0 amide bonds. The minimum absolute atomic E-state index is 0.898. The van der Waals surface area contributed by atoms with E-state index < -0.39 is 0 Å². The number of hydrogen-bond donors (Lipinski definition) is 0. The van der Waals surface area contributed by atoms with Crippen molar-refractivity contribution < 1.29 is 0 Å². The minimum Gasteiger partial charge on any atom is -0.310 e. The highest BCUT2D eigenvalue weighted by Crippen LogP contribution is 2.43. The van der Waals surface area contributed by atoms with Crippen LogP contribution >= 0.6 is 0 Å². The van der Waals surface area contributed by atoms with Gasteiger partial charge in [0.15, 0.2) is 0 Å². The maximum Gasteiger partial charge on any atom is 0.0650 e. The third-order valence-corrected chi connectivity index (χ3v) is 9.34. The molecule has 0 unspecified atom stereocenters. The number of fused-ring (bicyclic) bond motifs is 5. The number of anilines is 3. The highest BCUT2D eigenvalue weighted by atomic mass is 15.2. The number of aromatic nitrogens is 3. The zero-order chi connectivity index (χ0) is 32.6. The molecule has 0 radical (unpaired) electrons. The molecule has 49 heavy (non-hydrogen) atoms. The number of benzene rings is 5. The molecule has 1 aliphatic heterocycles. The second kappa shape index (κ2) is 12.3. The normalized spacial score (nSPS) is 12.6. The molecule has 0 spiro atoms. The number of hydrogen-bond acceptors (Lipinski definition) is 3. The molecule has 0 fully saturated rings. The number of nitrogens with zero attached hydrogens (tertiary/aromatic N) is 4. The van der Waals surface area contributed by atoms with Gasteiger partial charge in [0.1, 0.15) is 0 Å². The molecule has 8 aromatic rings. The first kappa shape index (κ1) is 28.7. The van der Waals surface area contributed by atoms with Crippen LogP contribution in [-0.4, -0.2) is 14.5 Å². The van der Waals surface area contributed by atoms with Gasteiger partial charge in [0, 0.05) is 52.3 Å². The lowest BCUT2D eigenvalue weighted by Crippen LogP contribution is -2.18. The van der Waals surface area contributed by atoms with E-state index in [4.69, 9.17) is 9.97 Å². The summed E-state index contributed by atoms with van der Waals surface area (Å²) in [5, 5.41) is 2.50. The van der Waals surface area contributed by atoms with Gasteiger partial charge in [-0.25, -0.2) is 0 Å². The van der Waals surface area contributed by atoms with Gasteiger partial charge in [-0.2, -0.15) is 0 Å². The lowest BCUT2D eigenvalue weighted by molar-refractivity contribution is 1.08. The van der Waals surface area contributed by atoms with Crippen molar-refractivity contribution in [3.63, 3.8) is 0 Å². The standard InChI is InChI=1S/C45H32N4/c1-2-12-33(22-24-37-31-39(26-28-47-37)49-44-19-9-5-15-40(44)41-16-6-10-20-45(41)49)32(11-1)21-23-36-30-38(25-27-46-36)48-42-17-7-3-13-34(42)29-35-14-4-8-18-43(35)48/h1-28,30-31H,29H2. The van der Waals surface area contributed by atoms with Gasteiger partial charge in [-0.05, 0) is 82.9 Å². The van der Waals surface area contributed by atoms with Crippen molar-refractivity contribution in [1.29, 1.82) is 0 Å². The molecule has 232 valence electrons. The predicted octanol–water partition coefficient (Wildman–Crippen LogP) is 11.3. The summed E-state index contributed by atoms with van der Waals surface area (Å²) >= 11 is 0. The van der Waals surface area contributed by atoms with Crippen molar-refractivity contribution in [2.75, 3.05) is 4.90 Å². The van der Waals surface area contributed by atoms with Gasteiger partial charge in [-0.3, -0.25) is 9.97 Å². The Morgan fingerprint density at radius 3 is 1.51 bits per heavy atom. The van der Waals surface area contributed by atoms with Crippen LogP contribution in [0.4, 0.5) is 17.1 Å². The average Bonchev–Trinajstić information content (AvgIpc) is 3.50. The summed E-state index contributed by atoms with van der Waals surface area (Å²) in [6.07, 6.45) is 13.2. The molecule has 0 saturated heterocycles. The topological polar surface area (TPSA) is 34.0 Å². The first-order valence-electron chi connectivity index (χ1n) is 16.6. The van der Waals surface area contributed by atoms with Crippen molar-refractivity contribution >= 4 is 63.2 Å². The van der Waals surface area contributed by atoms with Gasteiger partial charge >= 0.3 is 0 Å². The van der Waals surface area contributed by atoms with E-state index >= 15 is 0 Å². The van der Waals surface area contributed by atoms with E-state index in [2.05, 4.69) is 179 Å². The molecule has 3 aromatic heterocycles. The molecular formula is C45H32N4. The van der Waals surface area contributed by atoms with Crippen molar-refractivity contribution in [2.45, 2.75) is 6.42 Å². The van der Waals surface area contributed by atoms with Crippen LogP contribution in [0.2, 0.25) is 0 Å². The maximum atomic E-state index is 4.72. The summed E-state index contributed by atoms with van der Waals surface area (Å²) in [7, 11) is 0.